The normalized spacial score (nSPS) is 16.0. The average Bonchev–Trinajstić information content (AvgIpc) is 2.68. The summed E-state index contributed by atoms with van der Waals surface area (Å²) in [6.45, 7) is 6.08. The van der Waals surface area contributed by atoms with E-state index in [-0.39, 0.29) is 37.9 Å². The van der Waals surface area contributed by atoms with Gasteiger partial charge < -0.3 is 9.64 Å². The number of carbonyl (C=O) groups excluding carboxylic acids is 3. The van der Waals surface area contributed by atoms with Crippen molar-refractivity contribution in [3.63, 3.8) is 0 Å². The number of rotatable bonds is 1. The third-order valence-corrected chi connectivity index (χ3v) is 3.41. The van der Waals surface area contributed by atoms with Gasteiger partial charge in [0.25, 0.3) is 5.91 Å². The van der Waals surface area contributed by atoms with Gasteiger partial charge in [-0.1, -0.05) is 18.2 Å². The number of imide groups is 1. The van der Waals surface area contributed by atoms with Crippen molar-refractivity contribution in [2.24, 2.45) is 0 Å². The minimum atomic E-state index is -0.590. The van der Waals surface area contributed by atoms with Gasteiger partial charge >= 0.3 is 6.09 Å². The maximum absolute atomic E-state index is 12.4. The fourth-order valence-corrected chi connectivity index (χ4v) is 2.28. The molecule has 3 amide bonds. The molecule has 0 aromatic heterocycles. The molecule has 1 aliphatic rings. The van der Waals surface area contributed by atoms with Crippen molar-refractivity contribution >= 4 is 17.9 Å². The van der Waals surface area contributed by atoms with Crippen molar-refractivity contribution in [1.82, 2.24) is 9.80 Å². The molecule has 1 aromatic carbocycles. The summed E-state index contributed by atoms with van der Waals surface area (Å²) in [5, 5.41) is 0. The van der Waals surface area contributed by atoms with E-state index >= 15 is 0 Å². The van der Waals surface area contributed by atoms with Crippen LogP contribution >= 0.6 is 0 Å². The third-order valence-electron chi connectivity index (χ3n) is 3.41. The summed E-state index contributed by atoms with van der Waals surface area (Å²) in [7, 11) is 0. The topological polar surface area (TPSA) is 66.9 Å². The van der Waals surface area contributed by atoms with Gasteiger partial charge in [0.2, 0.25) is 5.91 Å². The first kappa shape index (κ1) is 17.0. The quantitative estimate of drug-likeness (QED) is 0.745. The fraction of sp³-hybridized carbons (Fsp3) is 0.471. The molecule has 2 rings (SSSR count). The largest absolute Gasteiger partial charge is 0.444 e. The summed E-state index contributed by atoms with van der Waals surface area (Å²) >= 11 is 0. The molecule has 0 unspecified atom stereocenters. The lowest BCUT2D eigenvalue weighted by Gasteiger charge is -2.26. The Kier molecular flexibility index (Phi) is 5.03. The molecule has 1 fully saturated rings. The monoisotopic (exact) mass is 318 g/mol. The molecule has 6 nitrogen and oxygen atoms in total. The van der Waals surface area contributed by atoms with Gasteiger partial charge in [-0.3, -0.25) is 14.5 Å². The van der Waals surface area contributed by atoms with Gasteiger partial charge in [-0.2, -0.15) is 0 Å². The number of amides is 3. The van der Waals surface area contributed by atoms with Crippen LogP contribution in [0.3, 0.4) is 0 Å². The molecular formula is C17H22N2O4. The minimum absolute atomic E-state index is 0.109. The SMILES string of the molecule is CC(C)(C)OC(=O)N1CCC(=O)N(C(=O)c2ccccc2)CC1. The second kappa shape index (κ2) is 6.81. The first-order valence-corrected chi connectivity index (χ1v) is 7.65. The van der Waals surface area contributed by atoms with Crippen LogP contribution in [0.25, 0.3) is 0 Å². The van der Waals surface area contributed by atoms with E-state index in [0.717, 1.165) is 0 Å². The molecule has 0 radical (unpaired) electrons. The van der Waals surface area contributed by atoms with Crippen molar-refractivity contribution < 1.29 is 19.1 Å². The zero-order chi connectivity index (χ0) is 17.0. The Labute approximate surface area is 136 Å². The number of hydrogen-bond donors (Lipinski definition) is 0. The average molecular weight is 318 g/mol. The molecule has 0 bridgehead atoms. The zero-order valence-corrected chi connectivity index (χ0v) is 13.7. The molecule has 0 aliphatic carbocycles. The summed E-state index contributed by atoms with van der Waals surface area (Å²) in [6, 6.07) is 8.66. The summed E-state index contributed by atoms with van der Waals surface area (Å²) in [5.74, 6) is -0.605. The van der Waals surface area contributed by atoms with Crippen LogP contribution in [-0.2, 0) is 9.53 Å². The van der Waals surface area contributed by atoms with Gasteiger partial charge in [0.05, 0.1) is 0 Å². The Balaban J connectivity index is 2.05. The predicted molar refractivity (Wildman–Crippen MR) is 84.9 cm³/mol. The van der Waals surface area contributed by atoms with Crippen LogP contribution in [0.1, 0.15) is 37.6 Å². The van der Waals surface area contributed by atoms with Crippen LogP contribution in [0.15, 0.2) is 30.3 Å². The van der Waals surface area contributed by atoms with Gasteiger partial charge in [0, 0.05) is 31.6 Å². The van der Waals surface area contributed by atoms with Gasteiger partial charge in [0.1, 0.15) is 5.60 Å². The van der Waals surface area contributed by atoms with Gasteiger partial charge in [-0.05, 0) is 32.9 Å². The van der Waals surface area contributed by atoms with E-state index in [1.807, 2.05) is 6.07 Å². The lowest BCUT2D eigenvalue weighted by atomic mass is 10.2. The highest BCUT2D eigenvalue weighted by Crippen LogP contribution is 2.14. The predicted octanol–water partition coefficient (Wildman–Crippen LogP) is 2.30. The fourth-order valence-electron chi connectivity index (χ4n) is 2.28. The van der Waals surface area contributed by atoms with Gasteiger partial charge in [-0.25, -0.2) is 4.79 Å². The highest BCUT2D eigenvalue weighted by Gasteiger charge is 2.30. The van der Waals surface area contributed by atoms with Crippen LogP contribution in [0.5, 0.6) is 0 Å². The summed E-state index contributed by atoms with van der Waals surface area (Å²) in [5.41, 5.74) is -0.126. The van der Waals surface area contributed by atoms with Crippen molar-refractivity contribution in [2.75, 3.05) is 19.6 Å². The number of ether oxygens (including phenoxy) is 1. The van der Waals surface area contributed by atoms with Crippen molar-refractivity contribution in [2.45, 2.75) is 32.8 Å². The van der Waals surface area contributed by atoms with Crippen molar-refractivity contribution in [3.05, 3.63) is 35.9 Å². The van der Waals surface area contributed by atoms with E-state index in [1.165, 1.54) is 9.80 Å². The molecule has 1 aromatic rings. The molecule has 0 atom stereocenters. The van der Waals surface area contributed by atoms with E-state index in [4.69, 9.17) is 4.74 Å². The second-order valence-corrected chi connectivity index (χ2v) is 6.43. The smallest absolute Gasteiger partial charge is 0.410 e. The Morgan fingerprint density at radius 2 is 1.70 bits per heavy atom. The highest BCUT2D eigenvalue weighted by molar-refractivity contribution is 6.04. The lowest BCUT2D eigenvalue weighted by molar-refractivity contribution is -0.127. The maximum Gasteiger partial charge on any atom is 0.410 e. The Hall–Kier alpha value is -2.37. The maximum atomic E-state index is 12.4. The second-order valence-electron chi connectivity index (χ2n) is 6.43. The Bertz CT molecular complexity index is 592. The summed E-state index contributed by atoms with van der Waals surface area (Å²) in [6.07, 6.45) is -0.350. The first-order valence-electron chi connectivity index (χ1n) is 7.65. The summed E-state index contributed by atoms with van der Waals surface area (Å²) < 4.78 is 5.32. The van der Waals surface area contributed by atoms with E-state index in [1.54, 1.807) is 45.0 Å². The van der Waals surface area contributed by atoms with Crippen LogP contribution in [0, 0.1) is 0 Å². The van der Waals surface area contributed by atoms with Crippen LogP contribution in [0.2, 0.25) is 0 Å². The molecule has 1 saturated heterocycles. The highest BCUT2D eigenvalue weighted by atomic mass is 16.6. The molecular weight excluding hydrogens is 296 g/mol. The molecule has 6 heteroatoms. The zero-order valence-electron chi connectivity index (χ0n) is 13.7. The Morgan fingerprint density at radius 3 is 2.30 bits per heavy atom. The van der Waals surface area contributed by atoms with Crippen molar-refractivity contribution in [3.8, 4) is 0 Å². The van der Waals surface area contributed by atoms with Crippen LogP contribution < -0.4 is 0 Å². The van der Waals surface area contributed by atoms with E-state index in [2.05, 4.69) is 0 Å². The molecule has 1 heterocycles. The number of nitrogens with zero attached hydrogens (tertiary/aromatic N) is 2. The van der Waals surface area contributed by atoms with E-state index < -0.39 is 11.7 Å². The molecule has 23 heavy (non-hydrogen) atoms. The number of benzene rings is 1. The Morgan fingerprint density at radius 1 is 1.04 bits per heavy atom. The molecule has 0 N–H and O–H groups in total. The van der Waals surface area contributed by atoms with E-state index in [0.29, 0.717) is 5.56 Å². The van der Waals surface area contributed by atoms with Crippen LogP contribution in [-0.4, -0.2) is 52.9 Å². The first-order chi connectivity index (χ1) is 10.8. The van der Waals surface area contributed by atoms with Crippen LogP contribution in [0.4, 0.5) is 4.79 Å². The third kappa shape index (κ3) is 4.55. The summed E-state index contributed by atoms with van der Waals surface area (Å²) in [4.78, 5) is 39.4. The lowest BCUT2D eigenvalue weighted by Crippen LogP contribution is -2.40. The number of carbonyl (C=O) groups is 3. The minimum Gasteiger partial charge on any atom is -0.444 e. The van der Waals surface area contributed by atoms with Gasteiger partial charge in [0.15, 0.2) is 0 Å². The molecule has 124 valence electrons. The van der Waals surface area contributed by atoms with E-state index in [9.17, 15) is 14.4 Å². The van der Waals surface area contributed by atoms with Gasteiger partial charge in [-0.15, -0.1) is 0 Å². The van der Waals surface area contributed by atoms with Crippen molar-refractivity contribution in [1.29, 1.82) is 0 Å². The standard InChI is InChI=1S/C17H22N2O4/c1-17(2,3)23-16(22)18-10-9-14(20)19(12-11-18)15(21)13-7-5-4-6-8-13/h4-8H,9-12H2,1-3H3. The molecule has 1 aliphatic heterocycles. The molecule has 0 saturated carbocycles. The molecule has 0 spiro atoms. The number of hydrogen-bond acceptors (Lipinski definition) is 4.